The maximum absolute atomic E-state index is 13.3. The van der Waals surface area contributed by atoms with Gasteiger partial charge < -0.3 is 16.0 Å². The Morgan fingerprint density at radius 3 is 2.65 bits per heavy atom. The minimum Gasteiger partial charge on any atom is -0.369 e. The number of nitrogens with two attached hydrogens (primary N) is 1. The Balaban J connectivity index is 0.00000243. The quantitative estimate of drug-likeness (QED) is 0.858. The molecule has 1 atom stereocenters. The first-order valence-electron chi connectivity index (χ1n) is 8.68. The number of piperidine rings is 1. The van der Waals surface area contributed by atoms with Crippen LogP contribution >= 0.6 is 12.4 Å². The van der Waals surface area contributed by atoms with Crippen molar-refractivity contribution in [3.8, 4) is 0 Å². The molecule has 1 aliphatic rings. The molecule has 2 aromatic rings. The van der Waals surface area contributed by atoms with Crippen LogP contribution in [0.4, 0.5) is 10.1 Å². The van der Waals surface area contributed by atoms with Crippen LogP contribution < -0.4 is 16.0 Å². The fraction of sp³-hybridized carbons (Fsp3) is 0.350. The average molecular weight is 378 g/mol. The molecule has 1 aliphatic heterocycles. The molecule has 0 radical (unpaired) electrons. The third-order valence-corrected chi connectivity index (χ3v) is 4.71. The van der Waals surface area contributed by atoms with Crippen LogP contribution in [0.2, 0.25) is 0 Å². The molecule has 1 heterocycles. The number of hydrogen-bond acceptors (Lipinski definition) is 3. The first-order valence-corrected chi connectivity index (χ1v) is 8.68. The van der Waals surface area contributed by atoms with Gasteiger partial charge in [0.25, 0.3) is 5.91 Å². The largest absolute Gasteiger partial charge is 0.369 e. The topological polar surface area (TPSA) is 58.4 Å². The van der Waals surface area contributed by atoms with E-state index in [0.29, 0.717) is 12.1 Å². The summed E-state index contributed by atoms with van der Waals surface area (Å²) in [5, 5.41) is 3.12. The molecule has 1 fully saturated rings. The Labute approximate surface area is 160 Å². The van der Waals surface area contributed by atoms with Crippen molar-refractivity contribution in [2.75, 3.05) is 18.0 Å². The molecular weight excluding hydrogens is 353 g/mol. The van der Waals surface area contributed by atoms with Crippen molar-refractivity contribution < 1.29 is 9.18 Å². The standard InChI is InChI=1S/C20H24FN3O.ClH/c1-14-11-17(21)8-9-19(14)24-10-2-3-18(13-24)23-20(25)16-6-4-15(12-22)5-7-16;/h4-9,11,18H,2-3,10,12-13,22H2,1H3,(H,23,25);1H. The van der Waals surface area contributed by atoms with Crippen LogP contribution in [0.15, 0.2) is 42.5 Å². The molecule has 140 valence electrons. The lowest BCUT2D eigenvalue weighted by atomic mass is 10.0. The monoisotopic (exact) mass is 377 g/mol. The van der Waals surface area contributed by atoms with Crippen molar-refractivity contribution in [3.63, 3.8) is 0 Å². The summed E-state index contributed by atoms with van der Waals surface area (Å²) in [6, 6.07) is 12.3. The highest BCUT2D eigenvalue weighted by molar-refractivity contribution is 5.94. The van der Waals surface area contributed by atoms with Crippen molar-refractivity contribution in [2.24, 2.45) is 5.73 Å². The number of aryl methyl sites for hydroxylation is 1. The summed E-state index contributed by atoms with van der Waals surface area (Å²) in [4.78, 5) is 14.7. The van der Waals surface area contributed by atoms with E-state index in [4.69, 9.17) is 5.73 Å². The number of nitrogens with one attached hydrogen (secondary N) is 1. The van der Waals surface area contributed by atoms with Crippen LogP contribution in [-0.4, -0.2) is 25.0 Å². The number of amides is 1. The summed E-state index contributed by atoms with van der Waals surface area (Å²) in [7, 11) is 0. The zero-order chi connectivity index (χ0) is 17.8. The number of rotatable bonds is 4. The van der Waals surface area contributed by atoms with Crippen LogP contribution in [0.5, 0.6) is 0 Å². The van der Waals surface area contributed by atoms with E-state index in [1.54, 1.807) is 6.07 Å². The van der Waals surface area contributed by atoms with Crippen molar-refractivity contribution >= 4 is 24.0 Å². The average Bonchev–Trinajstić information content (AvgIpc) is 2.62. The number of benzene rings is 2. The molecule has 1 unspecified atom stereocenters. The molecule has 1 amide bonds. The number of carbonyl (C=O) groups is 1. The van der Waals surface area contributed by atoms with Crippen LogP contribution in [-0.2, 0) is 6.54 Å². The lowest BCUT2D eigenvalue weighted by molar-refractivity contribution is 0.0933. The summed E-state index contributed by atoms with van der Waals surface area (Å²) in [5.74, 6) is -0.282. The van der Waals surface area contributed by atoms with Gasteiger partial charge in [-0.25, -0.2) is 4.39 Å². The second kappa shape index (κ2) is 9.01. The van der Waals surface area contributed by atoms with Crippen molar-refractivity contribution in [3.05, 3.63) is 65.0 Å². The zero-order valence-electron chi connectivity index (χ0n) is 14.9. The highest BCUT2D eigenvalue weighted by Gasteiger charge is 2.23. The Bertz CT molecular complexity index is 751. The van der Waals surface area contributed by atoms with E-state index in [9.17, 15) is 9.18 Å². The fourth-order valence-electron chi connectivity index (χ4n) is 3.35. The number of halogens is 2. The van der Waals surface area contributed by atoms with Crippen molar-refractivity contribution in [2.45, 2.75) is 32.4 Å². The van der Waals surface area contributed by atoms with Crippen LogP contribution in [0.25, 0.3) is 0 Å². The van der Waals surface area contributed by atoms with Gasteiger partial charge in [0.2, 0.25) is 0 Å². The number of hydrogen-bond donors (Lipinski definition) is 2. The third-order valence-electron chi connectivity index (χ3n) is 4.71. The van der Waals surface area contributed by atoms with E-state index in [0.717, 1.165) is 42.7 Å². The molecule has 1 saturated heterocycles. The Kier molecular flexibility index (Phi) is 7.00. The van der Waals surface area contributed by atoms with Gasteiger partial charge in [0.15, 0.2) is 0 Å². The van der Waals surface area contributed by atoms with E-state index in [2.05, 4.69) is 10.2 Å². The van der Waals surface area contributed by atoms with Gasteiger partial charge in [0.1, 0.15) is 5.82 Å². The second-order valence-electron chi connectivity index (χ2n) is 6.59. The van der Waals surface area contributed by atoms with Gasteiger partial charge in [-0.2, -0.15) is 0 Å². The zero-order valence-corrected chi connectivity index (χ0v) is 15.7. The summed E-state index contributed by atoms with van der Waals surface area (Å²) >= 11 is 0. The minimum absolute atomic E-state index is 0. The third kappa shape index (κ3) is 4.74. The minimum atomic E-state index is -0.218. The molecule has 0 aromatic heterocycles. The first-order chi connectivity index (χ1) is 12.1. The molecule has 0 saturated carbocycles. The summed E-state index contributed by atoms with van der Waals surface area (Å²) < 4.78 is 13.3. The molecule has 0 spiro atoms. The lowest BCUT2D eigenvalue weighted by Gasteiger charge is -2.35. The molecule has 0 aliphatic carbocycles. The van der Waals surface area contributed by atoms with Gasteiger partial charge in [-0.3, -0.25) is 4.79 Å². The van der Waals surface area contributed by atoms with Crippen molar-refractivity contribution in [1.82, 2.24) is 5.32 Å². The van der Waals surface area contributed by atoms with Gasteiger partial charge in [0.05, 0.1) is 0 Å². The van der Waals surface area contributed by atoms with E-state index in [-0.39, 0.29) is 30.2 Å². The van der Waals surface area contributed by atoms with Gasteiger partial charge >= 0.3 is 0 Å². The molecule has 6 heteroatoms. The van der Waals surface area contributed by atoms with Crippen LogP contribution in [0, 0.1) is 12.7 Å². The normalized spacial score (nSPS) is 16.7. The lowest BCUT2D eigenvalue weighted by Crippen LogP contribution is -2.48. The van der Waals surface area contributed by atoms with Crippen molar-refractivity contribution in [1.29, 1.82) is 0 Å². The molecule has 4 nitrogen and oxygen atoms in total. The summed E-state index contributed by atoms with van der Waals surface area (Å²) in [5.41, 5.74) is 9.20. The smallest absolute Gasteiger partial charge is 0.251 e. The van der Waals surface area contributed by atoms with Gasteiger partial charge in [0, 0.05) is 36.9 Å². The Morgan fingerprint density at radius 2 is 2.00 bits per heavy atom. The van der Waals surface area contributed by atoms with Gasteiger partial charge in [-0.05, 0) is 61.2 Å². The Hall–Kier alpha value is -2.11. The summed E-state index contributed by atoms with van der Waals surface area (Å²) in [6.07, 6.45) is 1.94. The van der Waals surface area contributed by atoms with Crippen LogP contribution in [0.3, 0.4) is 0 Å². The second-order valence-corrected chi connectivity index (χ2v) is 6.59. The predicted molar refractivity (Wildman–Crippen MR) is 105 cm³/mol. The predicted octanol–water partition coefficient (Wildman–Crippen LogP) is 3.41. The molecule has 26 heavy (non-hydrogen) atoms. The molecular formula is C20H25ClFN3O. The number of carbonyl (C=O) groups excluding carboxylic acids is 1. The molecule has 3 rings (SSSR count). The van der Waals surface area contributed by atoms with E-state index < -0.39 is 0 Å². The van der Waals surface area contributed by atoms with Gasteiger partial charge in [-0.15, -0.1) is 12.4 Å². The first kappa shape index (κ1) is 20.2. The molecule has 2 aromatic carbocycles. The number of nitrogens with zero attached hydrogens (tertiary/aromatic N) is 1. The van der Waals surface area contributed by atoms with Crippen LogP contribution in [0.1, 0.15) is 34.3 Å². The van der Waals surface area contributed by atoms with E-state index >= 15 is 0 Å². The fourth-order valence-corrected chi connectivity index (χ4v) is 3.35. The SMILES string of the molecule is Cc1cc(F)ccc1N1CCCC(NC(=O)c2ccc(CN)cc2)C1.Cl. The van der Waals surface area contributed by atoms with E-state index in [1.807, 2.05) is 37.3 Å². The molecule has 0 bridgehead atoms. The Morgan fingerprint density at radius 1 is 1.27 bits per heavy atom. The van der Waals surface area contributed by atoms with Gasteiger partial charge in [-0.1, -0.05) is 12.1 Å². The molecule has 3 N–H and O–H groups in total. The maximum Gasteiger partial charge on any atom is 0.251 e. The highest BCUT2D eigenvalue weighted by Crippen LogP contribution is 2.24. The number of anilines is 1. The maximum atomic E-state index is 13.3. The summed E-state index contributed by atoms with van der Waals surface area (Å²) in [6.45, 7) is 4.04. The highest BCUT2D eigenvalue weighted by atomic mass is 35.5. The van der Waals surface area contributed by atoms with E-state index in [1.165, 1.54) is 6.07 Å².